The zero-order chi connectivity index (χ0) is 11.9. The van der Waals surface area contributed by atoms with Crippen LogP contribution in [0.4, 0.5) is 0 Å². The molecule has 4 heteroatoms. The molecule has 1 atom stereocenters. The predicted molar refractivity (Wildman–Crippen MR) is 76.6 cm³/mol. The number of hydrogen-bond donors (Lipinski definition) is 1. The number of rotatable bonds is 2. The third kappa shape index (κ3) is 2.25. The Labute approximate surface area is 112 Å². The van der Waals surface area contributed by atoms with Crippen LogP contribution in [0.3, 0.4) is 0 Å². The molecule has 0 saturated carbocycles. The van der Waals surface area contributed by atoms with Crippen molar-refractivity contribution in [1.82, 2.24) is 0 Å². The molecule has 0 aromatic carbocycles. The molecule has 2 aromatic rings. The lowest BCUT2D eigenvalue weighted by Gasteiger charge is -2.08. The quantitative estimate of drug-likeness (QED) is 0.864. The summed E-state index contributed by atoms with van der Waals surface area (Å²) < 4.78 is 1.15. The molecule has 0 radical (unpaired) electrons. The lowest BCUT2D eigenvalue weighted by molar-refractivity contribution is 0.890. The third-order valence-electron chi connectivity index (χ3n) is 2.75. The maximum atomic E-state index is 6.31. The lowest BCUT2D eigenvalue weighted by atomic mass is 10.1. The van der Waals surface area contributed by atoms with Gasteiger partial charge in [-0.1, -0.05) is 0 Å². The Bertz CT molecular complexity index is 494. The molecule has 2 aromatic heterocycles. The molecule has 0 aliphatic rings. The highest BCUT2D eigenvalue weighted by molar-refractivity contribution is 9.11. The van der Waals surface area contributed by atoms with E-state index in [0.29, 0.717) is 0 Å². The molecular formula is C12H14BrNS2. The van der Waals surface area contributed by atoms with Crippen LogP contribution in [0, 0.1) is 20.8 Å². The molecule has 0 bridgehead atoms. The van der Waals surface area contributed by atoms with Crippen molar-refractivity contribution in [2.75, 3.05) is 0 Å². The number of halogens is 1. The maximum absolute atomic E-state index is 6.31. The Kier molecular flexibility index (Phi) is 3.54. The summed E-state index contributed by atoms with van der Waals surface area (Å²) in [5.74, 6) is 0. The Morgan fingerprint density at radius 1 is 1.12 bits per heavy atom. The summed E-state index contributed by atoms with van der Waals surface area (Å²) in [6.07, 6.45) is 0. The summed E-state index contributed by atoms with van der Waals surface area (Å²) >= 11 is 7.05. The minimum absolute atomic E-state index is 0.0138. The van der Waals surface area contributed by atoms with Crippen LogP contribution in [-0.2, 0) is 0 Å². The molecule has 2 rings (SSSR count). The Balaban J connectivity index is 2.38. The van der Waals surface area contributed by atoms with Crippen molar-refractivity contribution >= 4 is 38.6 Å². The van der Waals surface area contributed by atoms with Crippen LogP contribution in [0.25, 0.3) is 0 Å². The highest BCUT2D eigenvalue weighted by Crippen LogP contribution is 2.35. The third-order valence-corrected chi connectivity index (χ3v) is 5.56. The summed E-state index contributed by atoms with van der Waals surface area (Å²) in [5, 5.41) is 0. The average molecular weight is 316 g/mol. The average Bonchev–Trinajstić information content (AvgIpc) is 2.70. The van der Waals surface area contributed by atoms with Crippen molar-refractivity contribution in [3.8, 4) is 0 Å². The van der Waals surface area contributed by atoms with E-state index in [2.05, 4.69) is 48.8 Å². The van der Waals surface area contributed by atoms with E-state index in [1.807, 2.05) is 0 Å². The molecule has 0 aliphatic heterocycles. The molecule has 1 nitrogen and oxygen atoms in total. The smallest absolute Gasteiger partial charge is 0.0704 e. The zero-order valence-corrected chi connectivity index (χ0v) is 12.7. The van der Waals surface area contributed by atoms with E-state index >= 15 is 0 Å². The second-order valence-corrected chi connectivity index (χ2v) is 7.85. The minimum atomic E-state index is 0.0138. The molecule has 16 heavy (non-hydrogen) atoms. The van der Waals surface area contributed by atoms with Gasteiger partial charge in [0.2, 0.25) is 0 Å². The summed E-state index contributed by atoms with van der Waals surface area (Å²) in [4.78, 5) is 3.91. The molecule has 0 amide bonds. The number of nitrogens with two attached hydrogens (primary N) is 1. The van der Waals surface area contributed by atoms with Gasteiger partial charge in [-0.3, -0.25) is 0 Å². The van der Waals surface area contributed by atoms with Gasteiger partial charge in [-0.25, -0.2) is 0 Å². The van der Waals surface area contributed by atoms with Crippen LogP contribution < -0.4 is 5.73 Å². The number of hydrogen-bond acceptors (Lipinski definition) is 3. The van der Waals surface area contributed by atoms with Crippen LogP contribution in [0.5, 0.6) is 0 Å². The first-order valence-corrected chi connectivity index (χ1v) is 7.50. The van der Waals surface area contributed by atoms with Gasteiger partial charge in [0.25, 0.3) is 0 Å². The molecular weight excluding hydrogens is 302 g/mol. The lowest BCUT2D eigenvalue weighted by Crippen LogP contribution is -2.10. The van der Waals surface area contributed by atoms with Crippen LogP contribution in [0.2, 0.25) is 0 Å². The maximum Gasteiger partial charge on any atom is 0.0704 e. The molecule has 1 unspecified atom stereocenters. The van der Waals surface area contributed by atoms with Crippen LogP contribution >= 0.6 is 38.6 Å². The van der Waals surface area contributed by atoms with Crippen LogP contribution in [0.15, 0.2) is 15.9 Å². The summed E-state index contributed by atoms with van der Waals surface area (Å²) in [5.41, 5.74) is 8.88. The fourth-order valence-electron chi connectivity index (χ4n) is 1.68. The van der Waals surface area contributed by atoms with Gasteiger partial charge in [-0.2, -0.15) is 0 Å². The highest BCUT2D eigenvalue weighted by atomic mass is 79.9. The van der Waals surface area contributed by atoms with Crippen molar-refractivity contribution in [3.63, 3.8) is 0 Å². The van der Waals surface area contributed by atoms with Gasteiger partial charge in [0.1, 0.15) is 0 Å². The first kappa shape index (κ1) is 12.3. The SMILES string of the molecule is Cc1cc(C(N)c2cc(Br)sc2C)sc1C. The van der Waals surface area contributed by atoms with Crippen LogP contribution in [0.1, 0.15) is 31.8 Å². The zero-order valence-electron chi connectivity index (χ0n) is 9.50. The van der Waals surface area contributed by atoms with E-state index < -0.39 is 0 Å². The summed E-state index contributed by atoms with van der Waals surface area (Å²) in [7, 11) is 0. The second kappa shape index (κ2) is 4.61. The topological polar surface area (TPSA) is 26.0 Å². The van der Waals surface area contributed by atoms with Crippen molar-refractivity contribution in [3.05, 3.63) is 41.7 Å². The fraction of sp³-hybridized carbons (Fsp3) is 0.333. The van der Waals surface area contributed by atoms with Gasteiger partial charge in [0.05, 0.1) is 9.83 Å². The molecule has 0 spiro atoms. The van der Waals surface area contributed by atoms with Crippen molar-refractivity contribution in [2.45, 2.75) is 26.8 Å². The Morgan fingerprint density at radius 2 is 1.81 bits per heavy atom. The molecule has 86 valence electrons. The predicted octanol–water partition coefficient (Wildman–Crippen LogP) is 4.55. The summed E-state index contributed by atoms with van der Waals surface area (Å²) in [6.45, 7) is 6.41. The Morgan fingerprint density at radius 3 is 2.25 bits per heavy atom. The van der Waals surface area contributed by atoms with E-state index in [0.717, 1.165) is 3.79 Å². The highest BCUT2D eigenvalue weighted by Gasteiger charge is 2.16. The van der Waals surface area contributed by atoms with Gasteiger partial charge >= 0.3 is 0 Å². The van der Waals surface area contributed by atoms with Gasteiger partial charge in [0, 0.05) is 14.6 Å². The van der Waals surface area contributed by atoms with E-state index in [1.54, 1.807) is 22.7 Å². The number of thiophene rings is 2. The molecule has 2 heterocycles. The Hall–Kier alpha value is -0.160. The second-order valence-electron chi connectivity index (χ2n) is 3.93. The minimum Gasteiger partial charge on any atom is -0.320 e. The normalized spacial score (nSPS) is 13.1. The van der Waals surface area contributed by atoms with E-state index in [9.17, 15) is 0 Å². The summed E-state index contributed by atoms with van der Waals surface area (Å²) in [6, 6.07) is 4.35. The van der Waals surface area contributed by atoms with E-state index in [1.165, 1.54) is 25.8 Å². The van der Waals surface area contributed by atoms with E-state index in [-0.39, 0.29) is 6.04 Å². The fourth-order valence-corrected chi connectivity index (χ4v) is 4.50. The van der Waals surface area contributed by atoms with Crippen molar-refractivity contribution < 1.29 is 0 Å². The van der Waals surface area contributed by atoms with Gasteiger partial charge in [0.15, 0.2) is 0 Å². The standard InChI is InChI=1S/C12H14BrNS2/c1-6-4-10(15-7(6)2)12(14)9-5-11(13)16-8(9)3/h4-5,12H,14H2,1-3H3. The van der Waals surface area contributed by atoms with Gasteiger partial charge in [-0.15, -0.1) is 22.7 Å². The monoisotopic (exact) mass is 315 g/mol. The molecule has 2 N–H and O–H groups in total. The van der Waals surface area contributed by atoms with E-state index in [4.69, 9.17) is 5.73 Å². The first-order valence-electron chi connectivity index (χ1n) is 5.07. The molecule has 0 aliphatic carbocycles. The molecule has 0 saturated heterocycles. The van der Waals surface area contributed by atoms with Crippen molar-refractivity contribution in [1.29, 1.82) is 0 Å². The van der Waals surface area contributed by atoms with Crippen LogP contribution in [-0.4, -0.2) is 0 Å². The largest absolute Gasteiger partial charge is 0.320 e. The molecule has 0 fully saturated rings. The first-order chi connectivity index (χ1) is 7.49. The van der Waals surface area contributed by atoms with Gasteiger partial charge in [-0.05, 0) is 60.0 Å². The number of aryl methyl sites for hydroxylation is 3. The van der Waals surface area contributed by atoms with Gasteiger partial charge < -0.3 is 5.73 Å². The van der Waals surface area contributed by atoms with Crippen molar-refractivity contribution in [2.24, 2.45) is 5.73 Å².